The fourth-order valence-corrected chi connectivity index (χ4v) is 8.02. The lowest BCUT2D eigenvalue weighted by Crippen LogP contribution is -2.35. The SMILES string of the molecule is CCCC[C@H]1CC[C@@H](C2CCC(c3ccc(Oc4ccc([N+](=O)[O-])cc4)cc3)(c3ccc(Oc4ccc([N+](=O)[O-])cc4)cc3)CC2)CC1. The average Bonchev–Trinajstić information content (AvgIpc) is 3.12. The van der Waals surface area contributed by atoms with Crippen molar-refractivity contribution in [1.82, 2.24) is 0 Å². The molecule has 250 valence electrons. The molecule has 8 heteroatoms. The van der Waals surface area contributed by atoms with Crippen LogP contribution in [0, 0.1) is 38.0 Å². The van der Waals surface area contributed by atoms with E-state index in [1.165, 1.54) is 93.2 Å². The summed E-state index contributed by atoms with van der Waals surface area (Å²) in [4.78, 5) is 21.2. The average molecular weight is 649 g/mol. The fourth-order valence-electron chi connectivity index (χ4n) is 8.02. The highest BCUT2D eigenvalue weighted by molar-refractivity contribution is 5.46. The van der Waals surface area contributed by atoms with Crippen LogP contribution in [0.1, 0.15) is 88.7 Å². The molecule has 2 aliphatic carbocycles. The van der Waals surface area contributed by atoms with Gasteiger partial charge in [0, 0.05) is 29.7 Å². The predicted molar refractivity (Wildman–Crippen MR) is 187 cm³/mol. The summed E-state index contributed by atoms with van der Waals surface area (Å²) in [5, 5.41) is 22.1. The third kappa shape index (κ3) is 7.70. The molecular weight excluding hydrogens is 604 g/mol. The zero-order valence-corrected chi connectivity index (χ0v) is 27.6. The number of rotatable bonds is 12. The minimum Gasteiger partial charge on any atom is -0.457 e. The summed E-state index contributed by atoms with van der Waals surface area (Å²) < 4.78 is 12.1. The maximum atomic E-state index is 11.0. The van der Waals surface area contributed by atoms with E-state index in [2.05, 4.69) is 31.2 Å². The summed E-state index contributed by atoms with van der Waals surface area (Å²) in [6, 6.07) is 28.9. The van der Waals surface area contributed by atoms with Crippen LogP contribution in [0.3, 0.4) is 0 Å². The number of nitro groups is 2. The van der Waals surface area contributed by atoms with Gasteiger partial charge in [0.05, 0.1) is 9.85 Å². The van der Waals surface area contributed by atoms with Crippen molar-refractivity contribution in [2.24, 2.45) is 17.8 Å². The van der Waals surface area contributed by atoms with Crippen LogP contribution in [-0.2, 0) is 5.41 Å². The van der Waals surface area contributed by atoms with Crippen molar-refractivity contribution in [1.29, 1.82) is 0 Å². The molecule has 0 N–H and O–H groups in total. The largest absolute Gasteiger partial charge is 0.457 e. The van der Waals surface area contributed by atoms with Crippen molar-refractivity contribution in [2.75, 3.05) is 0 Å². The molecule has 0 amide bonds. The Morgan fingerprint density at radius 1 is 0.583 bits per heavy atom. The van der Waals surface area contributed by atoms with E-state index < -0.39 is 9.85 Å². The zero-order chi connectivity index (χ0) is 33.5. The molecule has 2 saturated carbocycles. The van der Waals surface area contributed by atoms with Gasteiger partial charge in [-0.2, -0.15) is 0 Å². The Hall–Kier alpha value is -4.72. The first-order valence-electron chi connectivity index (χ1n) is 17.4. The third-order valence-corrected chi connectivity index (χ3v) is 10.8. The fraction of sp³-hybridized carbons (Fsp3) is 0.400. The van der Waals surface area contributed by atoms with Crippen LogP contribution >= 0.6 is 0 Å². The van der Waals surface area contributed by atoms with Crippen molar-refractivity contribution < 1.29 is 19.3 Å². The minimum atomic E-state index is -0.417. The van der Waals surface area contributed by atoms with Crippen LogP contribution in [0.15, 0.2) is 97.1 Å². The van der Waals surface area contributed by atoms with Gasteiger partial charge in [-0.15, -0.1) is 0 Å². The second kappa shape index (κ2) is 15.0. The van der Waals surface area contributed by atoms with Gasteiger partial charge in [0.1, 0.15) is 23.0 Å². The maximum Gasteiger partial charge on any atom is 0.269 e. The van der Waals surface area contributed by atoms with Gasteiger partial charge in [-0.05, 0) is 116 Å². The monoisotopic (exact) mass is 648 g/mol. The van der Waals surface area contributed by atoms with Gasteiger partial charge < -0.3 is 9.47 Å². The Kier molecular flexibility index (Phi) is 10.4. The molecule has 2 aliphatic rings. The van der Waals surface area contributed by atoms with E-state index in [-0.39, 0.29) is 16.8 Å². The van der Waals surface area contributed by atoms with Gasteiger partial charge in [-0.1, -0.05) is 63.3 Å². The van der Waals surface area contributed by atoms with Gasteiger partial charge in [0.15, 0.2) is 0 Å². The van der Waals surface area contributed by atoms with E-state index in [1.54, 1.807) is 24.3 Å². The van der Waals surface area contributed by atoms with Crippen molar-refractivity contribution in [3.05, 3.63) is 128 Å². The first-order chi connectivity index (χ1) is 23.3. The Morgan fingerprint density at radius 3 is 1.33 bits per heavy atom. The Bertz CT molecular complexity index is 1550. The molecule has 2 fully saturated rings. The molecule has 48 heavy (non-hydrogen) atoms. The number of hydrogen-bond acceptors (Lipinski definition) is 6. The molecule has 4 aromatic carbocycles. The second-order valence-corrected chi connectivity index (χ2v) is 13.6. The number of non-ortho nitro benzene ring substituents is 2. The van der Waals surface area contributed by atoms with Crippen LogP contribution in [0.25, 0.3) is 0 Å². The molecule has 0 saturated heterocycles. The lowest BCUT2D eigenvalue weighted by Gasteiger charge is -2.44. The first kappa shape index (κ1) is 33.2. The Morgan fingerprint density at radius 2 is 0.958 bits per heavy atom. The molecule has 0 heterocycles. The minimum absolute atomic E-state index is 0.0314. The van der Waals surface area contributed by atoms with Crippen LogP contribution in [-0.4, -0.2) is 9.85 Å². The standard InChI is InChI=1S/C40H44N2O6/c1-2-3-4-29-5-7-30(8-6-29)31-25-27-40(28-26-31,32-9-17-36(18-10-32)47-38-21-13-34(14-22-38)41(43)44)33-11-19-37(20-12-33)48-39-23-15-35(16-24-39)42(45)46/h9-24,29-31H,2-8,25-28H2,1H3/t29-,30+. The number of ether oxygens (including phenoxy) is 2. The molecular formula is C40H44N2O6. The molecule has 0 bridgehead atoms. The molecule has 0 aliphatic heterocycles. The van der Waals surface area contributed by atoms with E-state index in [9.17, 15) is 20.2 Å². The summed E-state index contributed by atoms with van der Waals surface area (Å²) >= 11 is 0. The normalized spacial score (nSPS) is 19.4. The van der Waals surface area contributed by atoms with E-state index >= 15 is 0 Å². The van der Waals surface area contributed by atoms with E-state index in [1.807, 2.05) is 24.3 Å². The van der Waals surface area contributed by atoms with E-state index in [0.717, 1.165) is 30.6 Å². The highest BCUT2D eigenvalue weighted by Gasteiger charge is 2.41. The number of benzene rings is 4. The summed E-state index contributed by atoms with van der Waals surface area (Å²) in [7, 11) is 0. The van der Waals surface area contributed by atoms with E-state index in [4.69, 9.17) is 9.47 Å². The molecule has 8 nitrogen and oxygen atoms in total. The zero-order valence-electron chi connectivity index (χ0n) is 27.6. The van der Waals surface area contributed by atoms with Gasteiger partial charge in [0.2, 0.25) is 0 Å². The number of nitro benzene ring substituents is 2. The summed E-state index contributed by atoms with van der Waals surface area (Å²) in [5.74, 6) is 4.98. The molecule has 0 unspecified atom stereocenters. The third-order valence-electron chi connectivity index (χ3n) is 10.8. The maximum absolute atomic E-state index is 11.0. The smallest absolute Gasteiger partial charge is 0.269 e. The van der Waals surface area contributed by atoms with Gasteiger partial charge in [0.25, 0.3) is 11.4 Å². The quantitative estimate of drug-likeness (QED) is 0.112. The summed E-state index contributed by atoms with van der Waals surface area (Å²) in [5.41, 5.74) is 2.42. The van der Waals surface area contributed by atoms with Crippen LogP contribution in [0.5, 0.6) is 23.0 Å². The van der Waals surface area contributed by atoms with Crippen LogP contribution in [0.2, 0.25) is 0 Å². The lowest BCUT2D eigenvalue weighted by molar-refractivity contribution is -0.385. The predicted octanol–water partition coefficient (Wildman–Crippen LogP) is 11.6. The van der Waals surface area contributed by atoms with Crippen LogP contribution in [0.4, 0.5) is 11.4 Å². The molecule has 6 rings (SSSR count). The highest BCUT2D eigenvalue weighted by Crippen LogP contribution is 2.51. The van der Waals surface area contributed by atoms with Crippen molar-refractivity contribution in [3.63, 3.8) is 0 Å². The number of unbranched alkanes of at least 4 members (excludes halogenated alkanes) is 1. The van der Waals surface area contributed by atoms with Crippen LogP contribution < -0.4 is 9.47 Å². The number of nitrogens with zero attached hydrogens (tertiary/aromatic N) is 2. The first-order valence-corrected chi connectivity index (χ1v) is 17.4. The Balaban J connectivity index is 1.19. The van der Waals surface area contributed by atoms with E-state index in [0.29, 0.717) is 23.0 Å². The van der Waals surface area contributed by atoms with Gasteiger partial charge >= 0.3 is 0 Å². The van der Waals surface area contributed by atoms with Gasteiger partial charge in [-0.25, -0.2) is 0 Å². The number of hydrogen-bond donors (Lipinski definition) is 0. The van der Waals surface area contributed by atoms with Crippen molar-refractivity contribution >= 4 is 11.4 Å². The lowest BCUT2D eigenvalue weighted by atomic mass is 9.60. The molecule has 0 spiro atoms. The molecule has 0 atom stereocenters. The molecule has 4 aromatic rings. The molecule has 0 radical (unpaired) electrons. The topological polar surface area (TPSA) is 105 Å². The second-order valence-electron chi connectivity index (χ2n) is 13.6. The Labute approximate surface area is 282 Å². The highest BCUT2D eigenvalue weighted by atomic mass is 16.6. The van der Waals surface area contributed by atoms with Crippen molar-refractivity contribution in [3.8, 4) is 23.0 Å². The summed E-state index contributed by atoms with van der Waals surface area (Å²) in [6.07, 6.45) is 14.1. The van der Waals surface area contributed by atoms with Gasteiger partial charge in [-0.3, -0.25) is 20.2 Å². The molecule has 0 aromatic heterocycles. The summed E-state index contributed by atoms with van der Waals surface area (Å²) in [6.45, 7) is 2.29. The van der Waals surface area contributed by atoms with Crippen molar-refractivity contribution in [2.45, 2.75) is 83.0 Å².